The van der Waals surface area contributed by atoms with E-state index in [9.17, 15) is 0 Å². The molecular formula is C22H27NO2. The quantitative estimate of drug-likeness (QED) is 0.636. The lowest BCUT2D eigenvalue weighted by atomic mass is 10.2. The van der Waals surface area contributed by atoms with Crippen molar-refractivity contribution >= 4 is 12.2 Å². The molecule has 3 nitrogen and oxygen atoms in total. The van der Waals surface area contributed by atoms with Gasteiger partial charge in [-0.2, -0.15) is 0 Å². The fourth-order valence-electron chi connectivity index (χ4n) is 2.36. The van der Waals surface area contributed by atoms with Crippen molar-refractivity contribution in [2.24, 2.45) is 0 Å². The summed E-state index contributed by atoms with van der Waals surface area (Å²) in [6.07, 6.45) is 7.70. The topological polar surface area (TPSA) is 30.5 Å². The summed E-state index contributed by atoms with van der Waals surface area (Å²) in [6, 6.07) is 20.4. The van der Waals surface area contributed by atoms with Crippen molar-refractivity contribution in [3.8, 4) is 0 Å². The largest absolute Gasteiger partial charge is 0.360 e. The van der Waals surface area contributed by atoms with Crippen molar-refractivity contribution in [2.45, 2.75) is 26.3 Å². The molecule has 3 heteroatoms. The van der Waals surface area contributed by atoms with E-state index in [4.69, 9.17) is 9.47 Å². The third kappa shape index (κ3) is 7.48. The van der Waals surface area contributed by atoms with Gasteiger partial charge in [-0.25, -0.2) is 0 Å². The van der Waals surface area contributed by atoms with Gasteiger partial charge in [0.25, 0.3) is 0 Å². The summed E-state index contributed by atoms with van der Waals surface area (Å²) in [5.41, 5.74) is 2.28. The van der Waals surface area contributed by atoms with Gasteiger partial charge in [-0.1, -0.05) is 72.8 Å². The lowest BCUT2D eigenvalue weighted by Crippen LogP contribution is -2.39. The molecule has 0 spiro atoms. The van der Waals surface area contributed by atoms with E-state index in [2.05, 4.69) is 41.7 Å². The number of ether oxygens (including phenoxy) is 2. The normalized spacial score (nSPS) is 14.2. The molecule has 0 aromatic heterocycles. The standard InChI is InChI=1S/C22H27NO2/c1-3-24-21(17-15-19-11-7-5-8-12-19)23-22(25-4-2)18-16-20-13-9-6-10-14-20/h5-18,21-23H,3-4H2,1-2H3. The average molecular weight is 337 g/mol. The van der Waals surface area contributed by atoms with Gasteiger partial charge in [0.15, 0.2) is 0 Å². The monoisotopic (exact) mass is 337 g/mol. The van der Waals surface area contributed by atoms with Gasteiger partial charge in [-0.15, -0.1) is 0 Å². The summed E-state index contributed by atoms with van der Waals surface area (Å²) in [5.74, 6) is 0. The molecule has 25 heavy (non-hydrogen) atoms. The van der Waals surface area contributed by atoms with Gasteiger partial charge in [0.2, 0.25) is 0 Å². The minimum atomic E-state index is -0.220. The van der Waals surface area contributed by atoms with Crippen molar-refractivity contribution in [3.63, 3.8) is 0 Å². The first-order valence-corrected chi connectivity index (χ1v) is 8.77. The Balaban J connectivity index is 2.02. The second-order valence-electron chi connectivity index (χ2n) is 5.46. The highest BCUT2D eigenvalue weighted by Crippen LogP contribution is 2.06. The zero-order valence-electron chi connectivity index (χ0n) is 15.0. The van der Waals surface area contributed by atoms with E-state index in [1.54, 1.807) is 0 Å². The highest BCUT2D eigenvalue weighted by atomic mass is 16.5. The first-order valence-electron chi connectivity index (χ1n) is 8.77. The van der Waals surface area contributed by atoms with Crippen LogP contribution in [0.1, 0.15) is 25.0 Å². The third-order valence-electron chi connectivity index (χ3n) is 3.55. The summed E-state index contributed by atoms with van der Waals surface area (Å²) in [5, 5.41) is 3.38. The van der Waals surface area contributed by atoms with Gasteiger partial charge in [0, 0.05) is 13.2 Å². The molecule has 2 atom stereocenters. The molecule has 0 aliphatic carbocycles. The van der Waals surface area contributed by atoms with Crippen LogP contribution in [0.4, 0.5) is 0 Å². The van der Waals surface area contributed by atoms with Crippen LogP contribution >= 0.6 is 0 Å². The Bertz CT molecular complexity index is 580. The minimum Gasteiger partial charge on any atom is -0.360 e. The van der Waals surface area contributed by atoms with Gasteiger partial charge in [0.05, 0.1) is 0 Å². The van der Waals surface area contributed by atoms with Crippen molar-refractivity contribution < 1.29 is 9.47 Å². The van der Waals surface area contributed by atoms with Gasteiger partial charge in [-0.05, 0) is 37.1 Å². The molecule has 2 unspecified atom stereocenters. The fourth-order valence-corrected chi connectivity index (χ4v) is 2.36. The summed E-state index contributed by atoms with van der Waals surface area (Å²) < 4.78 is 11.6. The number of nitrogens with one attached hydrogen (secondary N) is 1. The minimum absolute atomic E-state index is 0.220. The molecule has 2 aromatic rings. The Morgan fingerprint density at radius 2 is 1.12 bits per heavy atom. The second kappa shape index (κ2) is 11.4. The summed E-state index contributed by atoms with van der Waals surface area (Å²) in [4.78, 5) is 0. The molecule has 1 N–H and O–H groups in total. The maximum absolute atomic E-state index is 5.78. The fraction of sp³-hybridized carbons (Fsp3) is 0.273. The van der Waals surface area contributed by atoms with Crippen LogP contribution in [0.25, 0.3) is 12.2 Å². The smallest absolute Gasteiger partial charge is 0.129 e. The number of benzene rings is 2. The maximum Gasteiger partial charge on any atom is 0.129 e. The lowest BCUT2D eigenvalue weighted by Gasteiger charge is -2.21. The Morgan fingerprint density at radius 1 is 0.720 bits per heavy atom. The van der Waals surface area contributed by atoms with Crippen molar-refractivity contribution in [2.75, 3.05) is 13.2 Å². The molecule has 0 amide bonds. The van der Waals surface area contributed by atoms with Crippen LogP contribution in [0.5, 0.6) is 0 Å². The van der Waals surface area contributed by atoms with E-state index < -0.39 is 0 Å². The van der Waals surface area contributed by atoms with Crippen LogP contribution in [-0.4, -0.2) is 25.7 Å². The summed E-state index contributed by atoms with van der Waals surface area (Å²) in [6.45, 7) is 5.22. The highest BCUT2D eigenvalue weighted by molar-refractivity contribution is 5.50. The molecule has 0 aliphatic heterocycles. The zero-order chi connectivity index (χ0) is 17.7. The number of rotatable bonds is 10. The molecular weight excluding hydrogens is 310 g/mol. The summed E-state index contributed by atoms with van der Waals surface area (Å²) >= 11 is 0. The van der Waals surface area contributed by atoms with E-state index >= 15 is 0 Å². The molecule has 132 valence electrons. The molecule has 0 saturated heterocycles. The van der Waals surface area contributed by atoms with E-state index in [-0.39, 0.29) is 12.5 Å². The van der Waals surface area contributed by atoms with Gasteiger partial charge in [-0.3, -0.25) is 5.32 Å². The van der Waals surface area contributed by atoms with Crippen molar-refractivity contribution in [3.05, 3.63) is 83.9 Å². The van der Waals surface area contributed by atoms with Crippen molar-refractivity contribution in [1.29, 1.82) is 0 Å². The molecule has 0 bridgehead atoms. The predicted octanol–water partition coefficient (Wildman–Crippen LogP) is 4.73. The SMILES string of the molecule is CCOC(C=Cc1ccccc1)NC(C=Cc1ccccc1)OCC. The van der Waals surface area contributed by atoms with Gasteiger partial charge < -0.3 is 9.47 Å². The van der Waals surface area contributed by atoms with E-state index in [0.29, 0.717) is 13.2 Å². The summed E-state index contributed by atoms with van der Waals surface area (Å²) in [7, 11) is 0. The second-order valence-corrected chi connectivity index (χ2v) is 5.46. The zero-order valence-corrected chi connectivity index (χ0v) is 15.0. The van der Waals surface area contributed by atoms with Crippen molar-refractivity contribution in [1.82, 2.24) is 5.32 Å². The Hall–Kier alpha value is -2.20. The first-order chi connectivity index (χ1) is 12.3. The van der Waals surface area contributed by atoms with E-state index in [1.807, 2.05) is 62.4 Å². The van der Waals surface area contributed by atoms with E-state index in [1.165, 1.54) is 0 Å². The maximum atomic E-state index is 5.78. The van der Waals surface area contributed by atoms with Crippen LogP contribution in [0.2, 0.25) is 0 Å². The predicted molar refractivity (Wildman–Crippen MR) is 105 cm³/mol. The number of hydrogen-bond donors (Lipinski definition) is 1. The Labute approximate surface area is 151 Å². The molecule has 0 fully saturated rings. The molecule has 0 radical (unpaired) electrons. The Morgan fingerprint density at radius 3 is 1.48 bits per heavy atom. The van der Waals surface area contributed by atoms with Crippen LogP contribution < -0.4 is 5.32 Å². The van der Waals surface area contributed by atoms with Crippen LogP contribution in [0, 0.1) is 0 Å². The average Bonchev–Trinajstić information content (AvgIpc) is 2.66. The molecule has 2 aromatic carbocycles. The lowest BCUT2D eigenvalue weighted by molar-refractivity contribution is 0.00125. The van der Waals surface area contributed by atoms with Crippen LogP contribution in [0.15, 0.2) is 72.8 Å². The third-order valence-corrected chi connectivity index (χ3v) is 3.55. The molecule has 0 heterocycles. The van der Waals surface area contributed by atoms with Crippen LogP contribution in [0.3, 0.4) is 0 Å². The van der Waals surface area contributed by atoms with Gasteiger partial charge >= 0.3 is 0 Å². The number of hydrogen-bond acceptors (Lipinski definition) is 3. The van der Waals surface area contributed by atoms with Crippen LogP contribution in [-0.2, 0) is 9.47 Å². The first kappa shape index (κ1) is 19.1. The molecule has 0 saturated carbocycles. The van der Waals surface area contributed by atoms with Gasteiger partial charge in [0.1, 0.15) is 12.5 Å². The highest BCUT2D eigenvalue weighted by Gasteiger charge is 2.10. The Kier molecular flexibility index (Phi) is 8.70. The molecule has 2 rings (SSSR count). The van der Waals surface area contributed by atoms with E-state index in [0.717, 1.165) is 11.1 Å². The molecule has 0 aliphatic rings.